The van der Waals surface area contributed by atoms with Gasteiger partial charge in [0.05, 0.1) is 5.39 Å². The Morgan fingerprint density at radius 3 is 2.83 bits per heavy atom. The van der Waals surface area contributed by atoms with Crippen molar-refractivity contribution in [3.63, 3.8) is 0 Å². The standard InChI is InChI=1S/C9H10N2O/c1-5-3-6(2)8-7(4-5)9(10)11-12-8/h3-4H,1-2H3,(H2,10,11). The molecule has 2 N–H and O–H groups in total. The van der Waals surface area contributed by atoms with Crippen molar-refractivity contribution in [2.75, 3.05) is 5.73 Å². The number of nitrogens with two attached hydrogens (primary N) is 1. The summed E-state index contributed by atoms with van der Waals surface area (Å²) in [6, 6.07) is 4.03. The number of fused-ring (bicyclic) bond motifs is 1. The number of rotatable bonds is 0. The number of benzene rings is 1. The van der Waals surface area contributed by atoms with E-state index in [1.165, 1.54) is 5.56 Å². The van der Waals surface area contributed by atoms with Crippen molar-refractivity contribution in [1.29, 1.82) is 0 Å². The van der Waals surface area contributed by atoms with Crippen LogP contribution in [0.2, 0.25) is 0 Å². The molecule has 0 atom stereocenters. The minimum Gasteiger partial charge on any atom is -0.380 e. The molecule has 0 amide bonds. The van der Waals surface area contributed by atoms with Crippen LogP contribution in [0, 0.1) is 13.8 Å². The minimum absolute atomic E-state index is 0.469. The van der Waals surface area contributed by atoms with Crippen LogP contribution in [0.15, 0.2) is 16.7 Å². The van der Waals surface area contributed by atoms with Gasteiger partial charge in [0.2, 0.25) is 0 Å². The largest absolute Gasteiger partial charge is 0.380 e. The maximum Gasteiger partial charge on any atom is 0.174 e. The highest BCUT2D eigenvalue weighted by Crippen LogP contribution is 2.24. The van der Waals surface area contributed by atoms with Crippen molar-refractivity contribution in [3.8, 4) is 0 Å². The minimum atomic E-state index is 0.469. The summed E-state index contributed by atoms with van der Waals surface area (Å²) in [4.78, 5) is 0. The van der Waals surface area contributed by atoms with E-state index in [4.69, 9.17) is 10.3 Å². The first-order valence-corrected chi connectivity index (χ1v) is 3.80. The quantitative estimate of drug-likeness (QED) is 0.644. The molecule has 12 heavy (non-hydrogen) atoms. The van der Waals surface area contributed by atoms with Gasteiger partial charge in [0, 0.05) is 0 Å². The Morgan fingerprint density at radius 1 is 1.33 bits per heavy atom. The molecule has 0 spiro atoms. The zero-order valence-electron chi connectivity index (χ0n) is 7.09. The van der Waals surface area contributed by atoms with Gasteiger partial charge in [0.1, 0.15) is 0 Å². The van der Waals surface area contributed by atoms with Gasteiger partial charge in [-0.15, -0.1) is 0 Å². The summed E-state index contributed by atoms with van der Waals surface area (Å²) in [6.45, 7) is 4.01. The average Bonchev–Trinajstić information content (AvgIpc) is 2.33. The molecule has 0 radical (unpaired) electrons. The third-order valence-corrected chi connectivity index (χ3v) is 1.93. The Hall–Kier alpha value is -1.51. The lowest BCUT2D eigenvalue weighted by Gasteiger charge is -1.95. The Bertz CT molecular complexity index is 431. The molecule has 0 saturated carbocycles. The van der Waals surface area contributed by atoms with Gasteiger partial charge >= 0.3 is 0 Å². The molecular formula is C9H10N2O. The van der Waals surface area contributed by atoms with Crippen LogP contribution >= 0.6 is 0 Å². The Morgan fingerprint density at radius 2 is 2.08 bits per heavy atom. The Labute approximate surface area is 70.1 Å². The first-order valence-electron chi connectivity index (χ1n) is 3.80. The van der Waals surface area contributed by atoms with E-state index in [1.54, 1.807) is 0 Å². The van der Waals surface area contributed by atoms with Crippen LogP contribution in [-0.2, 0) is 0 Å². The van der Waals surface area contributed by atoms with Crippen LogP contribution in [0.1, 0.15) is 11.1 Å². The lowest BCUT2D eigenvalue weighted by atomic mass is 10.1. The molecule has 1 heterocycles. The van der Waals surface area contributed by atoms with Gasteiger partial charge in [-0.2, -0.15) is 0 Å². The number of aryl methyl sites for hydroxylation is 2. The van der Waals surface area contributed by atoms with Gasteiger partial charge in [-0.1, -0.05) is 11.2 Å². The highest BCUT2D eigenvalue weighted by molar-refractivity contribution is 5.89. The summed E-state index contributed by atoms with van der Waals surface area (Å²) >= 11 is 0. The van der Waals surface area contributed by atoms with Crippen LogP contribution in [0.3, 0.4) is 0 Å². The average molecular weight is 162 g/mol. The van der Waals surface area contributed by atoms with Crippen molar-refractivity contribution in [3.05, 3.63) is 23.3 Å². The van der Waals surface area contributed by atoms with E-state index in [1.807, 2.05) is 26.0 Å². The lowest BCUT2D eigenvalue weighted by molar-refractivity contribution is 0.459. The number of hydrogen-bond donors (Lipinski definition) is 1. The van der Waals surface area contributed by atoms with Gasteiger partial charge in [-0.05, 0) is 31.0 Å². The summed E-state index contributed by atoms with van der Waals surface area (Å²) in [5.74, 6) is 0.469. The van der Waals surface area contributed by atoms with Crippen LogP contribution in [0.25, 0.3) is 11.0 Å². The third kappa shape index (κ3) is 0.863. The third-order valence-electron chi connectivity index (χ3n) is 1.93. The predicted molar refractivity (Wildman–Crippen MR) is 47.9 cm³/mol. The molecule has 2 rings (SSSR count). The normalized spacial score (nSPS) is 10.8. The summed E-state index contributed by atoms with van der Waals surface area (Å²) < 4.78 is 5.06. The van der Waals surface area contributed by atoms with Crippen molar-refractivity contribution in [2.24, 2.45) is 0 Å². The van der Waals surface area contributed by atoms with E-state index in [9.17, 15) is 0 Å². The number of nitrogens with zero attached hydrogens (tertiary/aromatic N) is 1. The fourth-order valence-electron chi connectivity index (χ4n) is 1.41. The van der Waals surface area contributed by atoms with Gasteiger partial charge in [0.25, 0.3) is 0 Å². The van der Waals surface area contributed by atoms with Crippen molar-refractivity contribution in [1.82, 2.24) is 5.16 Å². The summed E-state index contributed by atoms with van der Waals surface area (Å²) in [7, 11) is 0. The molecule has 0 aliphatic heterocycles. The SMILES string of the molecule is Cc1cc(C)c2onc(N)c2c1. The van der Waals surface area contributed by atoms with Crippen molar-refractivity contribution in [2.45, 2.75) is 13.8 Å². The summed E-state index contributed by atoms with van der Waals surface area (Å²) in [5, 5.41) is 4.61. The molecule has 1 aromatic carbocycles. The number of nitrogen functional groups attached to an aromatic ring is 1. The fraction of sp³-hybridized carbons (Fsp3) is 0.222. The smallest absolute Gasteiger partial charge is 0.174 e. The Kier molecular flexibility index (Phi) is 1.33. The molecule has 0 aliphatic carbocycles. The lowest BCUT2D eigenvalue weighted by Crippen LogP contribution is -1.84. The first-order chi connectivity index (χ1) is 5.68. The molecule has 1 aromatic heterocycles. The molecule has 0 saturated heterocycles. The second-order valence-electron chi connectivity index (χ2n) is 3.03. The second-order valence-corrected chi connectivity index (χ2v) is 3.03. The monoisotopic (exact) mass is 162 g/mol. The van der Waals surface area contributed by atoms with Crippen LogP contribution < -0.4 is 5.73 Å². The van der Waals surface area contributed by atoms with Gasteiger partial charge < -0.3 is 10.3 Å². The first kappa shape index (κ1) is 7.16. The maximum atomic E-state index is 5.61. The Balaban J connectivity index is 2.92. The van der Waals surface area contributed by atoms with E-state index in [-0.39, 0.29) is 0 Å². The summed E-state index contributed by atoms with van der Waals surface area (Å²) in [5.41, 5.74) is 8.65. The number of anilines is 1. The van der Waals surface area contributed by atoms with Crippen molar-refractivity contribution < 1.29 is 4.52 Å². The molecule has 0 aliphatic rings. The topological polar surface area (TPSA) is 52.0 Å². The van der Waals surface area contributed by atoms with Crippen molar-refractivity contribution >= 4 is 16.8 Å². The van der Waals surface area contributed by atoms with E-state index in [0.29, 0.717) is 5.82 Å². The molecule has 0 fully saturated rings. The van der Waals surface area contributed by atoms with Crippen LogP contribution in [0.4, 0.5) is 5.82 Å². The zero-order valence-corrected chi connectivity index (χ0v) is 7.09. The summed E-state index contributed by atoms with van der Waals surface area (Å²) in [6.07, 6.45) is 0. The highest BCUT2D eigenvalue weighted by atomic mass is 16.5. The van der Waals surface area contributed by atoms with Gasteiger partial charge in [-0.25, -0.2) is 0 Å². The number of aromatic nitrogens is 1. The van der Waals surface area contributed by atoms with E-state index in [2.05, 4.69) is 5.16 Å². The zero-order chi connectivity index (χ0) is 8.72. The maximum absolute atomic E-state index is 5.61. The van der Waals surface area contributed by atoms with E-state index < -0.39 is 0 Å². The van der Waals surface area contributed by atoms with Crippen LogP contribution in [-0.4, -0.2) is 5.16 Å². The van der Waals surface area contributed by atoms with Crippen LogP contribution in [0.5, 0.6) is 0 Å². The van der Waals surface area contributed by atoms with Gasteiger partial charge in [0.15, 0.2) is 11.4 Å². The second kappa shape index (κ2) is 2.24. The molecule has 3 heteroatoms. The van der Waals surface area contributed by atoms with E-state index >= 15 is 0 Å². The fourth-order valence-corrected chi connectivity index (χ4v) is 1.41. The molecule has 3 nitrogen and oxygen atoms in total. The molecule has 2 aromatic rings. The van der Waals surface area contributed by atoms with E-state index in [0.717, 1.165) is 16.5 Å². The molecule has 62 valence electrons. The molecular weight excluding hydrogens is 152 g/mol. The molecule has 0 unspecified atom stereocenters. The number of hydrogen-bond acceptors (Lipinski definition) is 3. The predicted octanol–water partition coefficient (Wildman–Crippen LogP) is 2.03. The van der Waals surface area contributed by atoms with Gasteiger partial charge in [-0.3, -0.25) is 0 Å². The molecule has 0 bridgehead atoms. The highest BCUT2D eigenvalue weighted by Gasteiger charge is 2.07.